The molecular weight excluding hydrogens is 676 g/mol. The van der Waals surface area contributed by atoms with Crippen molar-refractivity contribution < 1.29 is 79.7 Å². The van der Waals surface area contributed by atoms with Crippen molar-refractivity contribution in [1.82, 2.24) is 30.2 Å². The van der Waals surface area contributed by atoms with Crippen LogP contribution < -0.4 is 10.6 Å². The first-order valence-corrected chi connectivity index (χ1v) is 16.2. The Morgan fingerprint density at radius 1 is 0.500 bits per heavy atom. The Hall–Kier alpha value is -2.68. The van der Waals surface area contributed by atoms with Gasteiger partial charge in [0.15, 0.2) is 12.6 Å². The molecule has 10 atom stereocenters. The van der Waals surface area contributed by atoms with Crippen LogP contribution in [0.25, 0.3) is 0 Å². The van der Waals surface area contributed by atoms with Gasteiger partial charge in [0.2, 0.25) is 11.8 Å². The highest BCUT2D eigenvalue weighted by Gasteiger charge is 2.45. The third-order valence-electron chi connectivity index (χ3n) is 8.84. The number of nitrogens with one attached hydrogen (secondary N) is 2. The zero-order chi connectivity index (χ0) is 37.1. The lowest BCUT2D eigenvalue weighted by atomic mass is 9.97. The molecule has 3 aliphatic heterocycles. The molecule has 3 aliphatic rings. The van der Waals surface area contributed by atoms with Gasteiger partial charge in [-0.15, -0.1) is 0 Å². The monoisotopic (exact) mass is 726 g/mol. The summed E-state index contributed by atoms with van der Waals surface area (Å²) in [5, 5.41) is 104. The molecule has 3 saturated heterocycles. The smallest absolute Gasteiger partial charge is 0.317 e. The number of carboxylic acids is 2. The van der Waals surface area contributed by atoms with Crippen LogP contribution in [-0.2, 0) is 28.7 Å². The third-order valence-corrected chi connectivity index (χ3v) is 8.84. The first-order chi connectivity index (χ1) is 23.6. The Morgan fingerprint density at radius 2 is 0.780 bits per heavy atom. The fraction of sp³-hybridized carbons (Fsp3) is 0.857. The quantitative estimate of drug-likeness (QED) is 0.0888. The Balaban J connectivity index is 1.69. The number of carbonyl (C=O) groups excluding carboxylic acids is 2. The number of carboxylic acid groups (broad SMARTS) is 2. The number of ether oxygens (including phenoxy) is 2. The van der Waals surface area contributed by atoms with E-state index in [-0.39, 0.29) is 65.4 Å². The van der Waals surface area contributed by atoms with Gasteiger partial charge in [-0.1, -0.05) is 0 Å². The molecule has 0 saturated carbocycles. The van der Waals surface area contributed by atoms with E-state index in [0.29, 0.717) is 0 Å². The Bertz CT molecular complexity index is 1030. The van der Waals surface area contributed by atoms with Crippen molar-refractivity contribution in [2.24, 2.45) is 0 Å². The molecule has 22 heteroatoms. The van der Waals surface area contributed by atoms with E-state index in [1.165, 1.54) is 0 Å². The second kappa shape index (κ2) is 19.8. The van der Waals surface area contributed by atoms with Crippen molar-refractivity contribution >= 4 is 23.8 Å². The Morgan fingerprint density at radius 3 is 1.04 bits per heavy atom. The van der Waals surface area contributed by atoms with Crippen LogP contribution in [0.4, 0.5) is 0 Å². The van der Waals surface area contributed by atoms with E-state index in [1.807, 2.05) is 0 Å². The van der Waals surface area contributed by atoms with E-state index in [0.717, 1.165) is 0 Å². The lowest BCUT2D eigenvalue weighted by Crippen LogP contribution is -2.65. The number of aliphatic carboxylic acids is 2. The summed E-state index contributed by atoms with van der Waals surface area (Å²) in [5.74, 6) is -3.66. The van der Waals surface area contributed by atoms with Gasteiger partial charge < -0.3 is 71.2 Å². The van der Waals surface area contributed by atoms with Crippen molar-refractivity contribution in [3.8, 4) is 0 Å². The van der Waals surface area contributed by atoms with Gasteiger partial charge in [-0.3, -0.25) is 38.8 Å². The largest absolute Gasteiger partial charge is 0.480 e. The second-order valence-corrected chi connectivity index (χ2v) is 12.5. The van der Waals surface area contributed by atoms with Gasteiger partial charge >= 0.3 is 11.9 Å². The van der Waals surface area contributed by atoms with Crippen LogP contribution in [-0.4, -0.2) is 247 Å². The van der Waals surface area contributed by atoms with Crippen molar-refractivity contribution in [3.05, 3.63) is 0 Å². The minimum absolute atomic E-state index is 0.120. The fourth-order valence-corrected chi connectivity index (χ4v) is 5.97. The molecule has 288 valence electrons. The SMILES string of the molecule is O=C(O)CN1CCN(CC(=O)NC2[C@H](O)OC(CO)[C@H](O)[C@H]2O)CCN(CC(=O)O)CCN(CC(=O)NC2[C@H](O)OC(CO)[C@H](O)[C@H]2O)CC1. The number of carbonyl (C=O) groups is 4. The number of amides is 2. The number of nitrogens with zero attached hydrogens (tertiary/aromatic N) is 4. The van der Waals surface area contributed by atoms with E-state index in [2.05, 4.69) is 10.6 Å². The minimum atomic E-state index is -1.74. The number of rotatable bonds is 12. The van der Waals surface area contributed by atoms with Gasteiger partial charge in [0.25, 0.3) is 0 Å². The van der Waals surface area contributed by atoms with Gasteiger partial charge in [0, 0.05) is 52.4 Å². The lowest BCUT2D eigenvalue weighted by molar-refractivity contribution is -0.254. The molecule has 0 aromatic carbocycles. The molecule has 12 N–H and O–H groups in total. The van der Waals surface area contributed by atoms with Crippen LogP contribution in [0, 0.1) is 0 Å². The molecule has 0 spiro atoms. The van der Waals surface area contributed by atoms with E-state index in [4.69, 9.17) is 9.47 Å². The van der Waals surface area contributed by atoms with Crippen LogP contribution in [0.1, 0.15) is 0 Å². The molecule has 0 aromatic heterocycles. The summed E-state index contributed by atoms with van der Waals surface area (Å²) in [6, 6.07) is -2.86. The van der Waals surface area contributed by atoms with E-state index < -0.39 is 111 Å². The Kier molecular flexibility index (Phi) is 16.5. The Labute approximate surface area is 287 Å². The maximum Gasteiger partial charge on any atom is 0.317 e. The van der Waals surface area contributed by atoms with Crippen LogP contribution in [0.5, 0.6) is 0 Å². The normalized spacial score (nSPS) is 34.6. The molecule has 0 aliphatic carbocycles. The van der Waals surface area contributed by atoms with Crippen LogP contribution in [0.2, 0.25) is 0 Å². The van der Waals surface area contributed by atoms with E-state index in [9.17, 15) is 70.2 Å². The predicted molar refractivity (Wildman–Crippen MR) is 165 cm³/mol. The first-order valence-electron chi connectivity index (χ1n) is 16.2. The molecule has 4 unspecified atom stereocenters. The van der Waals surface area contributed by atoms with Gasteiger partial charge in [0.1, 0.15) is 48.7 Å². The summed E-state index contributed by atoms with van der Waals surface area (Å²) in [4.78, 5) is 55.7. The molecule has 0 bridgehead atoms. The third kappa shape index (κ3) is 12.2. The van der Waals surface area contributed by atoms with Crippen molar-refractivity contribution in [1.29, 1.82) is 0 Å². The van der Waals surface area contributed by atoms with Crippen LogP contribution >= 0.6 is 0 Å². The van der Waals surface area contributed by atoms with Crippen LogP contribution in [0.3, 0.4) is 0 Å². The highest BCUT2D eigenvalue weighted by molar-refractivity contribution is 5.79. The highest BCUT2D eigenvalue weighted by atomic mass is 16.6. The van der Waals surface area contributed by atoms with Gasteiger partial charge in [0.05, 0.1) is 39.4 Å². The molecule has 2 amide bonds. The summed E-state index contributed by atoms with van der Waals surface area (Å²) in [6.07, 6.45) is -12.5. The number of hydrogen-bond acceptors (Lipinski definition) is 18. The summed E-state index contributed by atoms with van der Waals surface area (Å²) in [5.41, 5.74) is 0. The molecule has 50 heavy (non-hydrogen) atoms. The van der Waals surface area contributed by atoms with Gasteiger partial charge in [-0.2, -0.15) is 0 Å². The summed E-state index contributed by atoms with van der Waals surface area (Å²) >= 11 is 0. The summed E-state index contributed by atoms with van der Waals surface area (Å²) in [7, 11) is 0. The van der Waals surface area contributed by atoms with Crippen molar-refractivity contribution in [2.45, 2.75) is 61.3 Å². The topological polar surface area (TPSA) is 326 Å². The summed E-state index contributed by atoms with van der Waals surface area (Å²) < 4.78 is 10.2. The van der Waals surface area contributed by atoms with Crippen LogP contribution in [0.15, 0.2) is 0 Å². The van der Waals surface area contributed by atoms with E-state index >= 15 is 0 Å². The van der Waals surface area contributed by atoms with Gasteiger partial charge in [-0.05, 0) is 0 Å². The maximum atomic E-state index is 13.0. The first kappa shape index (κ1) is 41.7. The van der Waals surface area contributed by atoms with Crippen molar-refractivity contribution in [3.63, 3.8) is 0 Å². The standard InChI is InChI=1S/C28H50N6O16/c35-13-15-23(43)25(45)21(27(47)49-15)29-17(37)9-31-1-5-33(11-19(39)40)7-3-32(4-8-34(6-2-31)12-20(41)42)10-18(38)30-22-26(46)24(44)16(14-36)50-28(22)48/h15-16,21-28,35-36,43-48H,1-14H2,(H,29,37)(H,30,38)(H,39,40)(H,41,42)/t15?,16?,21?,22?,23-,24-,25-,26-,27+,28+/m0/s1. The molecule has 3 heterocycles. The zero-order valence-electron chi connectivity index (χ0n) is 27.4. The molecule has 3 fully saturated rings. The van der Waals surface area contributed by atoms with Crippen molar-refractivity contribution in [2.75, 3.05) is 91.8 Å². The zero-order valence-corrected chi connectivity index (χ0v) is 27.4. The highest BCUT2D eigenvalue weighted by Crippen LogP contribution is 2.21. The summed E-state index contributed by atoms with van der Waals surface area (Å²) in [6.45, 7) is -1.82. The second-order valence-electron chi connectivity index (χ2n) is 12.5. The number of aliphatic hydroxyl groups excluding tert-OH is 8. The fourth-order valence-electron chi connectivity index (χ4n) is 5.97. The molecule has 3 rings (SSSR count). The van der Waals surface area contributed by atoms with Gasteiger partial charge in [-0.25, -0.2) is 0 Å². The predicted octanol–water partition coefficient (Wildman–Crippen LogP) is -8.79. The number of hydrogen-bond donors (Lipinski definition) is 12. The average molecular weight is 727 g/mol. The number of aliphatic hydroxyl groups is 8. The lowest BCUT2D eigenvalue weighted by Gasteiger charge is -2.40. The average Bonchev–Trinajstić information content (AvgIpc) is 3.05. The molecule has 22 nitrogen and oxygen atoms in total. The van der Waals surface area contributed by atoms with E-state index in [1.54, 1.807) is 19.6 Å². The molecular formula is C28H50N6O16. The maximum absolute atomic E-state index is 13.0. The minimum Gasteiger partial charge on any atom is -0.480 e. The molecule has 0 radical (unpaired) electrons. The molecule has 0 aromatic rings.